The van der Waals surface area contributed by atoms with E-state index in [4.69, 9.17) is 9.47 Å². The fourth-order valence-corrected chi connectivity index (χ4v) is 2.39. The van der Waals surface area contributed by atoms with Crippen LogP contribution in [0.1, 0.15) is 46.0 Å². The lowest BCUT2D eigenvalue weighted by Crippen LogP contribution is -2.25. The summed E-state index contributed by atoms with van der Waals surface area (Å²) in [7, 11) is 1.77. The van der Waals surface area contributed by atoms with Gasteiger partial charge in [-0.3, -0.25) is 0 Å². The Morgan fingerprint density at radius 3 is 2.70 bits per heavy atom. The van der Waals surface area contributed by atoms with Gasteiger partial charge < -0.3 is 14.8 Å². The molecular formula is C14H24N4O2. The second kappa shape index (κ2) is 7.26. The lowest BCUT2D eigenvalue weighted by atomic mass is 9.89. The maximum Gasteiger partial charge on any atom is 0.324 e. The zero-order chi connectivity index (χ0) is 14.4. The van der Waals surface area contributed by atoms with Crippen LogP contribution in [-0.4, -0.2) is 34.7 Å². The molecule has 1 aliphatic carbocycles. The quantitative estimate of drug-likeness (QED) is 0.864. The van der Waals surface area contributed by atoms with Crippen LogP contribution in [-0.2, 0) is 0 Å². The Labute approximate surface area is 120 Å². The van der Waals surface area contributed by atoms with E-state index in [0.29, 0.717) is 30.5 Å². The monoisotopic (exact) mass is 280 g/mol. The van der Waals surface area contributed by atoms with Crippen LogP contribution < -0.4 is 14.8 Å². The van der Waals surface area contributed by atoms with E-state index in [9.17, 15) is 0 Å². The highest BCUT2D eigenvalue weighted by Crippen LogP contribution is 2.26. The third kappa shape index (κ3) is 4.21. The molecule has 0 spiro atoms. The maximum absolute atomic E-state index is 5.91. The van der Waals surface area contributed by atoms with E-state index in [1.54, 1.807) is 7.05 Å². The molecule has 0 aliphatic heterocycles. The van der Waals surface area contributed by atoms with Gasteiger partial charge in [-0.1, -0.05) is 20.3 Å². The van der Waals surface area contributed by atoms with Crippen LogP contribution in [0.2, 0.25) is 0 Å². The Bertz CT molecular complexity index is 428. The van der Waals surface area contributed by atoms with E-state index < -0.39 is 0 Å². The van der Waals surface area contributed by atoms with Gasteiger partial charge in [-0.25, -0.2) is 0 Å². The molecule has 6 nitrogen and oxygen atoms in total. The first-order valence-corrected chi connectivity index (χ1v) is 7.44. The van der Waals surface area contributed by atoms with Gasteiger partial charge in [-0.05, 0) is 31.6 Å². The molecule has 112 valence electrons. The number of nitrogens with one attached hydrogen (secondary N) is 1. The summed E-state index contributed by atoms with van der Waals surface area (Å²) in [5.74, 6) is 1.18. The average Bonchev–Trinajstić information content (AvgIpc) is 2.45. The molecule has 2 rings (SSSR count). The molecule has 20 heavy (non-hydrogen) atoms. The molecule has 1 fully saturated rings. The molecule has 1 aromatic rings. The van der Waals surface area contributed by atoms with Crippen molar-refractivity contribution >= 4 is 5.95 Å². The van der Waals surface area contributed by atoms with Crippen LogP contribution in [0.3, 0.4) is 0 Å². The van der Waals surface area contributed by atoms with Crippen molar-refractivity contribution in [3.63, 3.8) is 0 Å². The fraction of sp³-hybridized carbons (Fsp3) is 0.786. The van der Waals surface area contributed by atoms with Crippen molar-refractivity contribution < 1.29 is 9.47 Å². The summed E-state index contributed by atoms with van der Waals surface area (Å²) in [6, 6.07) is 0.680. The van der Waals surface area contributed by atoms with Crippen molar-refractivity contribution in [1.29, 1.82) is 0 Å². The first-order valence-electron chi connectivity index (χ1n) is 7.44. The SMILES string of the molecule is CCCOc1nc(NC)nc(OC2CCCC(C)C2)n1. The van der Waals surface area contributed by atoms with Gasteiger partial charge in [-0.2, -0.15) is 9.97 Å². The lowest BCUT2D eigenvalue weighted by molar-refractivity contribution is 0.116. The number of rotatable bonds is 6. The highest BCUT2D eigenvalue weighted by atomic mass is 16.5. The van der Waals surface area contributed by atoms with Crippen LogP contribution in [0.5, 0.6) is 12.0 Å². The van der Waals surface area contributed by atoms with Crippen LogP contribution in [0, 0.1) is 5.92 Å². The van der Waals surface area contributed by atoms with E-state index >= 15 is 0 Å². The van der Waals surface area contributed by atoms with Gasteiger partial charge in [0.2, 0.25) is 5.95 Å². The molecular weight excluding hydrogens is 256 g/mol. The Hall–Kier alpha value is -1.59. The Balaban J connectivity index is 2.05. The summed E-state index contributed by atoms with van der Waals surface area (Å²) < 4.78 is 11.4. The number of anilines is 1. The minimum Gasteiger partial charge on any atom is -0.463 e. The molecule has 1 saturated carbocycles. The second-order valence-electron chi connectivity index (χ2n) is 5.33. The molecule has 0 saturated heterocycles. The number of aromatic nitrogens is 3. The Kier molecular flexibility index (Phi) is 5.38. The number of nitrogens with zero attached hydrogens (tertiary/aromatic N) is 3. The predicted molar refractivity (Wildman–Crippen MR) is 77.2 cm³/mol. The highest BCUT2D eigenvalue weighted by molar-refractivity contribution is 5.26. The molecule has 0 amide bonds. The lowest BCUT2D eigenvalue weighted by Gasteiger charge is -2.26. The summed E-state index contributed by atoms with van der Waals surface area (Å²) in [5, 5.41) is 2.91. The molecule has 6 heteroatoms. The highest BCUT2D eigenvalue weighted by Gasteiger charge is 2.21. The van der Waals surface area contributed by atoms with Crippen molar-refractivity contribution in [2.75, 3.05) is 19.0 Å². The predicted octanol–water partition coefficient (Wildman–Crippen LogP) is 2.66. The molecule has 1 aliphatic rings. The standard InChI is InChI=1S/C14H24N4O2/c1-4-8-19-13-16-12(15-3)17-14(18-13)20-11-7-5-6-10(2)9-11/h10-11H,4-9H2,1-3H3,(H,15,16,17,18). The number of ether oxygens (including phenoxy) is 2. The number of hydrogen-bond acceptors (Lipinski definition) is 6. The maximum atomic E-state index is 5.91. The second-order valence-corrected chi connectivity index (χ2v) is 5.33. The van der Waals surface area contributed by atoms with E-state index in [-0.39, 0.29) is 6.10 Å². The van der Waals surface area contributed by atoms with E-state index in [2.05, 4.69) is 27.2 Å². The van der Waals surface area contributed by atoms with Gasteiger partial charge in [0.05, 0.1) is 6.61 Å². The fourth-order valence-electron chi connectivity index (χ4n) is 2.39. The van der Waals surface area contributed by atoms with Gasteiger partial charge >= 0.3 is 12.0 Å². The van der Waals surface area contributed by atoms with E-state index in [0.717, 1.165) is 19.3 Å². The minimum atomic E-state index is 0.199. The van der Waals surface area contributed by atoms with Gasteiger partial charge in [0.15, 0.2) is 0 Å². The number of hydrogen-bond donors (Lipinski definition) is 1. The summed E-state index contributed by atoms with van der Waals surface area (Å²) in [5.41, 5.74) is 0. The topological polar surface area (TPSA) is 69.2 Å². The Morgan fingerprint density at radius 1 is 1.20 bits per heavy atom. The third-order valence-electron chi connectivity index (χ3n) is 3.41. The van der Waals surface area contributed by atoms with Gasteiger partial charge in [0.1, 0.15) is 6.10 Å². The van der Waals surface area contributed by atoms with E-state index in [1.165, 1.54) is 12.8 Å². The molecule has 1 heterocycles. The van der Waals surface area contributed by atoms with Crippen molar-refractivity contribution in [3.8, 4) is 12.0 Å². The normalized spacial score (nSPS) is 22.4. The van der Waals surface area contributed by atoms with E-state index in [1.807, 2.05) is 6.92 Å². The van der Waals surface area contributed by atoms with Crippen LogP contribution in [0.4, 0.5) is 5.95 Å². The third-order valence-corrected chi connectivity index (χ3v) is 3.41. The van der Waals surface area contributed by atoms with Gasteiger partial charge in [-0.15, -0.1) is 4.98 Å². The zero-order valence-corrected chi connectivity index (χ0v) is 12.6. The minimum absolute atomic E-state index is 0.199. The Morgan fingerprint density at radius 2 is 2.00 bits per heavy atom. The molecule has 1 N–H and O–H groups in total. The molecule has 0 radical (unpaired) electrons. The van der Waals surface area contributed by atoms with Crippen molar-refractivity contribution in [2.24, 2.45) is 5.92 Å². The molecule has 0 aromatic carbocycles. The van der Waals surface area contributed by atoms with Gasteiger partial charge in [0.25, 0.3) is 0 Å². The van der Waals surface area contributed by atoms with Crippen molar-refractivity contribution in [1.82, 2.24) is 15.0 Å². The zero-order valence-electron chi connectivity index (χ0n) is 12.6. The smallest absolute Gasteiger partial charge is 0.324 e. The summed E-state index contributed by atoms with van der Waals surface area (Å²) in [6.07, 6.45) is 5.72. The summed E-state index contributed by atoms with van der Waals surface area (Å²) in [6.45, 7) is 4.89. The first-order chi connectivity index (χ1) is 9.71. The molecule has 1 aromatic heterocycles. The average molecular weight is 280 g/mol. The molecule has 2 unspecified atom stereocenters. The first kappa shape index (κ1) is 14.8. The van der Waals surface area contributed by atoms with Gasteiger partial charge in [0, 0.05) is 7.05 Å². The molecule has 0 bridgehead atoms. The molecule has 2 atom stereocenters. The largest absolute Gasteiger partial charge is 0.463 e. The van der Waals surface area contributed by atoms with Crippen LogP contribution in [0.25, 0.3) is 0 Å². The summed E-state index contributed by atoms with van der Waals surface area (Å²) >= 11 is 0. The van der Waals surface area contributed by atoms with Crippen molar-refractivity contribution in [2.45, 2.75) is 52.1 Å². The summed E-state index contributed by atoms with van der Waals surface area (Å²) in [4.78, 5) is 12.6. The van der Waals surface area contributed by atoms with Crippen molar-refractivity contribution in [3.05, 3.63) is 0 Å². The van der Waals surface area contributed by atoms with Crippen LogP contribution in [0.15, 0.2) is 0 Å². The van der Waals surface area contributed by atoms with Crippen LogP contribution >= 0.6 is 0 Å².